The van der Waals surface area contributed by atoms with E-state index in [1.54, 1.807) is 0 Å². The van der Waals surface area contributed by atoms with Crippen LogP contribution in [0.3, 0.4) is 0 Å². The summed E-state index contributed by atoms with van der Waals surface area (Å²) in [5.74, 6) is 1.99. The molecule has 0 unspecified atom stereocenters. The van der Waals surface area contributed by atoms with E-state index >= 15 is 0 Å². The minimum Gasteiger partial charge on any atom is -0.494 e. The van der Waals surface area contributed by atoms with Crippen molar-refractivity contribution >= 4 is 11.0 Å². The van der Waals surface area contributed by atoms with Crippen LogP contribution in [0.5, 0.6) is 5.75 Å². The van der Waals surface area contributed by atoms with Crippen LogP contribution in [0.1, 0.15) is 24.0 Å². The van der Waals surface area contributed by atoms with Crippen molar-refractivity contribution in [3.8, 4) is 17.1 Å². The molecule has 0 radical (unpaired) electrons. The number of hydrogen-bond donors (Lipinski definition) is 0. The first-order valence-corrected chi connectivity index (χ1v) is 9.92. The minimum atomic E-state index is 0.732. The summed E-state index contributed by atoms with van der Waals surface area (Å²) in [4.78, 5) is 4.91. The van der Waals surface area contributed by atoms with E-state index in [1.165, 1.54) is 22.2 Å². The molecule has 0 N–H and O–H groups in total. The van der Waals surface area contributed by atoms with Gasteiger partial charge in [-0.15, -0.1) is 0 Å². The molecule has 3 nitrogen and oxygen atoms in total. The van der Waals surface area contributed by atoms with Gasteiger partial charge in [-0.3, -0.25) is 0 Å². The van der Waals surface area contributed by atoms with Crippen molar-refractivity contribution in [3.63, 3.8) is 0 Å². The second-order valence-electron chi connectivity index (χ2n) is 7.31. The van der Waals surface area contributed by atoms with Crippen LogP contribution >= 0.6 is 0 Å². The molecular formula is C25H26N2O. The quantitative estimate of drug-likeness (QED) is 0.363. The van der Waals surface area contributed by atoms with Gasteiger partial charge in [-0.25, -0.2) is 4.98 Å². The predicted molar refractivity (Wildman–Crippen MR) is 116 cm³/mol. The number of nitrogens with zero attached hydrogens (tertiary/aromatic N) is 2. The van der Waals surface area contributed by atoms with E-state index in [4.69, 9.17) is 9.72 Å². The molecule has 0 saturated heterocycles. The summed E-state index contributed by atoms with van der Waals surface area (Å²) >= 11 is 0. The number of imidazole rings is 1. The fraction of sp³-hybridized carbons (Fsp3) is 0.240. The highest BCUT2D eigenvalue weighted by Crippen LogP contribution is 2.26. The third kappa shape index (κ3) is 4.09. The molecule has 0 saturated carbocycles. The van der Waals surface area contributed by atoms with E-state index in [-0.39, 0.29) is 0 Å². The number of aryl methyl sites for hydroxylation is 3. The van der Waals surface area contributed by atoms with Gasteiger partial charge in [0.25, 0.3) is 0 Å². The molecule has 0 atom stereocenters. The number of fused-ring (bicyclic) bond motifs is 1. The van der Waals surface area contributed by atoms with E-state index in [1.807, 2.05) is 12.1 Å². The monoisotopic (exact) mass is 370 g/mol. The van der Waals surface area contributed by atoms with Crippen molar-refractivity contribution in [1.82, 2.24) is 9.55 Å². The molecule has 0 amide bonds. The fourth-order valence-electron chi connectivity index (χ4n) is 3.50. The lowest BCUT2D eigenvalue weighted by Gasteiger charge is -2.11. The van der Waals surface area contributed by atoms with Crippen LogP contribution in [-0.2, 0) is 6.54 Å². The molecule has 4 aromatic rings. The average Bonchev–Trinajstić information content (AvgIpc) is 3.08. The highest BCUT2D eigenvalue weighted by molar-refractivity contribution is 5.80. The number of ether oxygens (including phenoxy) is 1. The van der Waals surface area contributed by atoms with Crippen molar-refractivity contribution in [2.45, 2.75) is 33.2 Å². The van der Waals surface area contributed by atoms with Gasteiger partial charge in [0.2, 0.25) is 0 Å². The topological polar surface area (TPSA) is 27.1 Å². The van der Waals surface area contributed by atoms with Gasteiger partial charge >= 0.3 is 0 Å². The number of aromatic nitrogens is 2. The number of para-hydroxylation sites is 2. The van der Waals surface area contributed by atoms with Gasteiger partial charge in [-0.1, -0.05) is 53.6 Å². The van der Waals surface area contributed by atoms with Crippen LogP contribution in [0, 0.1) is 13.8 Å². The van der Waals surface area contributed by atoms with Crippen LogP contribution in [-0.4, -0.2) is 16.2 Å². The van der Waals surface area contributed by atoms with Crippen molar-refractivity contribution in [2.75, 3.05) is 6.61 Å². The molecule has 0 aliphatic heterocycles. The Labute approximate surface area is 166 Å². The SMILES string of the molecule is Cc1ccc(OCCCCn2c(-c3cccc(C)c3)nc3ccccc32)cc1. The smallest absolute Gasteiger partial charge is 0.141 e. The normalized spacial score (nSPS) is 11.1. The maximum atomic E-state index is 5.87. The van der Waals surface area contributed by atoms with Crippen molar-refractivity contribution in [2.24, 2.45) is 0 Å². The molecule has 0 aliphatic carbocycles. The maximum absolute atomic E-state index is 5.87. The Morgan fingerprint density at radius 3 is 2.46 bits per heavy atom. The first-order chi connectivity index (χ1) is 13.7. The van der Waals surface area contributed by atoms with Gasteiger partial charge in [-0.05, 0) is 57.0 Å². The molecular weight excluding hydrogens is 344 g/mol. The average molecular weight is 370 g/mol. The van der Waals surface area contributed by atoms with Crippen LogP contribution in [0.4, 0.5) is 0 Å². The molecule has 0 aliphatic rings. The van der Waals surface area contributed by atoms with Gasteiger partial charge in [0.05, 0.1) is 17.6 Å². The number of benzene rings is 3. The van der Waals surface area contributed by atoms with Gasteiger partial charge in [0, 0.05) is 12.1 Å². The summed E-state index contributed by atoms with van der Waals surface area (Å²) in [6.07, 6.45) is 2.05. The maximum Gasteiger partial charge on any atom is 0.141 e. The molecule has 1 aromatic heterocycles. The predicted octanol–water partition coefficient (Wildman–Crippen LogP) is 6.18. The zero-order valence-corrected chi connectivity index (χ0v) is 16.6. The molecule has 0 fully saturated rings. The number of rotatable bonds is 7. The molecule has 142 valence electrons. The molecule has 4 rings (SSSR count). The standard InChI is InChI=1S/C25H26N2O/c1-19-12-14-22(15-13-19)28-17-6-5-16-27-24-11-4-3-10-23(24)26-25(27)21-9-7-8-20(2)18-21/h3-4,7-15,18H,5-6,16-17H2,1-2H3. The summed E-state index contributed by atoms with van der Waals surface area (Å²) in [5.41, 5.74) is 5.92. The van der Waals surface area contributed by atoms with E-state index in [2.05, 4.69) is 79.1 Å². The number of unbranched alkanes of at least 4 members (excludes halogenated alkanes) is 1. The largest absolute Gasteiger partial charge is 0.494 e. The lowest BCUT2D eigenvalue weighted by atomic mass is 10.1. The van der Waals surface area contributed by atoms with Crippen molar-refractivity contribution in [1.29, 1.82) is 0 Å². The first kappa shape index (κ1) is 18.3. The summed E-state index contributed by atoms with van der Waals surface area (Å²) in [5, 5.41) is 0. The summed E-state index contributed by atoms with van der Waals surface area (Å²) < 4.78 is 8.22. The fourth-order valence-corrected chi connectivity index (χ4v) is 3.50. The van der Waals surface area contributed by atoms with E-state index < -0.39 is 0 Å². The van der Waals surface area contributed by atoms with Gasteiger partial charge < -0.3 is 9.30 Å². The Hall–Kier alpha value is -3.07. The van der Waals surface area contributed by atoms with E-state index in [0.29, 0.717) is 0 Å². The van der Waals surface area contributed by atoms with E-state index in [0.717, 1.165) is 43.1 Å². The van der Waals surface area contributed by atoms with Gasteiger partial charge in [-0.2, -0.15) is 0 Å². The molecule has 3 heteroatoms. The second kappa shape index (κ2) is 8.30. The van der Waals surface area contributed by atoms with Crippen molar-refractivity contribution in [3.05, 3.63) is 83.9 Å². The highest BCUT2D eigenvalue weighted by Gasteiger charge is 2.12. The lowest BCUT2D eigenvalue weighted by molar-refractivity contribution is 0.303. The van der Waals surface area contributed by atoms with Gasteiger partial charge in [0.1, 0.15) is 11.6 Å². The number of hydrogen-bond acceptors (Lipinski definition) is 2. The van der Waals surface area contributed by atoms with Crippen LogP contribution in [0.15, 0.2) is 72.8 Å². The highest BCUT2D eigenvalue weighted by atomic mass is 16.5. The Morgan fingerprint density at radius 2 is 1.64 bits per heavy atom. The second-order valence-corrected chi connectivity index (χ2v) is 7.31. The molecule has 1 heterocycles. The Balaban J connectivity index is 1.46. The third-order valence-corrected chi connectivity index (χ3v) is 5.00. The van der Waals surface area contributed by atoms with Crippen LogP contribution < -0.4 is 4.74 Å². The zero-order valence-electron chi connectivity index (χ0n) is 16.6. The first-order valence-electron chi connectivity index (χ1n) is 9.92. The Bertz CT molecular complexity index is 1060. The molecule has 0 bridgehead atoms. The Kier molecular flexibility index (Phi) is 5.43. The molecule has 3 aromatic carbocycles. The zero-order chi connectivity index (χ0) is 19.3. The molecule has 28 heavy (non-hydrogen) atoms. The van der Waals surface area contributed by atoms with Crippen molar-refractivity contribution < 1.29 is 4.74 Å². The summed E-state index contributed by atoms with van der Waals surface area (Å²) in [6.45, 7) is 5.88. The Morgan fingerprint density at radius 1 is 0.821 bits per heavy atom. The van der Waals surface area contributed by atoms with E-state index in [9.17, 15) is 0 Å². The summed E-state index contributed by atoms with van der Waals surface area (Å²) in [6, 6.07) is 25.2. The summed E-state index contributed by atoms with van der Waals surface area (Å²) in [7, 11) is 0. The minimum absolute atomic E-state index is 0.732. The lowest BCUT2D eigenvalue weighted by Crippen LogP contribution is -2.04. The third-order valence-electron chi connectivity index (χ3n) is 5.00. The molecule has 0 spiro atoms. The van der Waals surface area contributed by atoms with Crippen LogP contribution in [0.25, 0.3) is 22.4 Å². The van der Waals surface area contributed by atoms with Crippen LogP contribution in [0.2, 0.25) is 0 Å². The van der Waals surface area contributed by atoms with Gasteiger partial charge in [0.15, 0.2) is 0 Å².